The molecule has 1 aromatic carbocycles. The summed E-state index contributed by atoms with van der Waals surface area (Å²) in [5, 5.41) is 0. The number of carbonyl (C=O) groups is 2. The summed E-state index contributed by atoms with van der Waals surface area (Å²) in [7, 11) is 0. The Bertz CT molecular complexity index is 315. The largest absolute Gasteiger partial charge is 0.304 e. The fourth-order valence-electron chi connectivity index (χ4n) is 1.11. The predicted molar refractivity (Wildman–Crippen MR) is 78.3 cm³/mol. The predicted octanol–water partition coefficient (Wildman–Crippen LogP) is 3.51. The van der Waals surface area contributed by atoms with Gasteiger partial charge in [-0.05, 0) is 12.1 Å². The van der Waals surface area contributed by atoms with E-state index in [1.165, 1.54) is 4.90 Å². The molecule has 0 aliphatic rings. The number of para-hydroxylation sites is 1. The number of alkyl halides is 1. The van der Waals surface area contributed by atoms with Crippen LogP contribution in [-0.2, 0) is 9.59 Å². The van der Waals surface area contributed by atoms with Gasteiger partial charge in [0.05, 0.1) is 6.54 Å². The van der Waals surface area contributed by atoms with Crippen molar-refractivity contribution in [2.75, 3.05) is 17.3 Å². The molecule has 0 atom stereocenters. The van der Waals surface area contributed by atoms with E-state index in [9.17, 15) is 9.59 Å². The number of aldehydes is 1. The number of hydrogen-bond acceptors (Lipinski definition) is 2. The van der Waals surface area contributed by atoms with Gasteiger partial charge in [-0.1, -0.05) is 45.9 Å². The highest BCUT2D eigenvalue weighted by atomic mass is 35.5. The molecular weight excluding hydrogens is 250 g/mol. The lowest BCUT2D eigenvalue weighted by atomic mass is 10.3. The Morgan fingerprint density at radius 1 is 1.17 bits per heavy atom. The maximum atomic E-state index is 11.3. The van der Waals surface area contributed by atoms with Gasteiger partial charge in [0.25, 0.3) is 0 Å². The molecule has 0 aromatic heterocycles. The van der Waals surface area contributed by atoms with Crippen molar-refractivity contribution in [2.45, 2.75) is 27.7 Å². The Morgan fingerprint density at radius 3 is 2.06 bits per heavy atom. The second-order valence-electron chi connectivity index (χ2n) is 2.64. The van der Waals surface area contributed by atoms with Crippen LogP contribution >= 0.6 is 11.6 Å². The number of hydrogen-bond donors (Lipinski definition) is 0. The molecule has 0 fully saturated rings. The first kappa shape index (κ1) is 19.0. The Morgan fingerprint density at radius 2 is 1.67 bits per heavy atom. The zero-order chi connectivity index (χ0) is 14.4. The fourth-order valence-corrected chi connectivity index (χ4v) is 1.25. The number of carbonyl (C=O) groups excluding carboxylic acids is 2. The molecular formula is C14H22ClNO2. The summed E-state index contributed by atoms with van der Waals surface area (Å²) < 4.78 is 0. The minimum atomic E-state index is -0.273. The van der Waals surface area contributed by atoms with Crippen LogP contribution in [0.4, 0.5) is 5.69 Å². The molecule has 0 radical (unpaired) electrons. The van der Waals surface area contributed by atoms with Gasteiger partial charge in [0.15, 0.2) is 0 Å². The Kier molecular flexibility index (Phi) is 14.5. The molecule has 1 rings (SSSR count). The average Bonchev–Trinajstić information content (AvgIpc) is 2.49. The molecule has 1 aromatic rings. The number of halogens is 1. The van der Waals surface area contributed by atoms with E-state index < -0.39 is 0 Å². The molecule has 0 spiro atoms. The summed E-state index contributed by atoms with van der Waals surface area (Å²) in [4.78, 5) is 23.1. The summed E-state index contributed by atoms with van der Waals surface area (Å²) in [6, 6.07) is 8.96. The van der Waals surface area contributed by atoms with Crippen molar-refractivity contribution < 1.29 is 9.59 Å². The van der Waals surface area contributed by atoms with Crippen LogP contribution in [-0.4, -0.2) is 24.6 Å². The number of rotatable bonds is 4. The topological polar surface area (TPSA) is 37.4 Å². The van der Waals surface area contributed by atoms with Gasteiger partial charge in [0, 0.05) is 5.69 Å². The van der Waals surface area contributed by atoms with Gasteiger partial charge < -0.3 is 9.69 Å². The van der Waals surface area contributed by atoms with Crippen molar-refractivity contribution in [3.05, 3.63) is 30.3 Å². The Balaban J connectivity index is 0. The van der Waals surface area contributed by atoms with Crippen LogP contribution in [0.15, 0.2) is 30.3 Å². The molecule has 102 valence electrons. The van der Waals surface area contributed by atoms with Crippen LogP contribution in [0.3, 0.4) is 0 Å². The lowest BCUT2D eigenvalue weighted by molar-refractivity contribution is -0.117. The number of nitrogens with zero attached hydrogens (tertiary/aromatic N) is 1. The van der Waals surface area contributed by atoms with Crippen LogP contribution in [0.1, 0.15) is 27.7 Å². The normalized spacial score (nSPS) is 8.06. The lowest BCUT2D eigenvalue weighted by Gasteiger charge is -2.18. The van der Waals surface area contributed by atoms with Gasteiger partial charge in [-0.3, -0.25) is 4.79 Å². The molecule has 0 heterocycles. The molecule has 18 heavy (non-hydrogen) atoms. The summed E-state index contributed by atoms with van der Waals surface area (Å²) in [5.41, 5.74) is 0.685. The van der Waals surface area contributed by atoms with Crippen LogP contribution < -0.4 is 4.90 Å². The third kappa shape index (κ3) is 7.07. The molecule has 0 unspecified atom stereocenters. The van der Waals surface area contributed by atoms with Crippen molar-refractivity contribution in [1.82, 2.24) is 0 Å². The minimum absolute atomic E-state index is 0.0373. The SMILES string of the molecule is CC.CC.O=CCN(C(=O)CCl)c1ccccc1. The maximum absolute atomic E-state index is 11.3. The average molecular weight is 272 g/mol. The van der Waals surface area contributed by atoms with E-state index >= 15 is 0 Å². The zero-order valence-electron chi connectivity index (χ0n) is 11.5. The van der Waals surface area contributed by atoms with Gasteiger partial charge in [-0.2, -0.15) is 0 Å². The van der Waals surface area contributed by atoms with E-state index in [-0.39, 0.29) is 18.3 Å². The molecule has 0 saturated heterocycles. The van der Waals surface area contributed by atoms with E-state index in [1.807, 2.05) is 33.8 Å². The van der Waals surface area contributed by atoms with Crippen LogP contribution in [0, 0.1) is 0 Å². The maximum Gasteiger partial charge on any atom is 0.242 e. The molecule has 1 amide bonds. The Labute approximate surface area is 115 Å². The van der Waals surface area contributed by atoms with Crippen molar-refractivity contribution in [1.29, 1.82) is 0 Å². The monoisotopic (exact) mass is 271 g/mol. The molecule has 0 bridgehead atoms. The van der Waals surface area contributed by atoms with E-state index in [1.54, 1.807) is 24.3 Å². The van der Waals surface area contributed by atoms with Crippen LogP contribution in [0.25, 0.3) is 0 Å². The molecule has 0 aliphatic heterocycles. The smallest absolute Gasteiger partial charge is 0.242 e. The highest BCUT2D eigenvalue weighted by Crippen LogP contribution is 2.12. The Hall–Kier alpha value is -1.35. The molecule has 0 aliphatic carbocycles. The van der Waals surface area contributed by atoms with Gasteiger partial charge in [0.2, 0.25) is 5.91 Å². The minimum Gasteiger partial charge on any atom is -0.304 e. The molecule has 3 nitrogen and oxygen atoms in total. The number of benzene rings is 1. The van der Waals surface area contributed by atoms with Crippen molar-refractivity contribution in [3.8, 4) is 0 Å². The van der Waals surface area contributed by atoms with Crippen molar-refractivity contribution >= 4 is 29.5 Å². The summed E-state index contributed by atoms with van der Waals surface area (Å²) in [5.74, 6) is -0.395. The third-order valence-electron chi connectivity index (χ3n) is 1.74. The van der Waals surface area contributed by atoms with Gasteiger partial charge in [-0.15, -0.1) is 11.6 Å². The van der Waals surface area contributed by atoms with Crippen molar-refractivity contribution in [3.63, 3.8) is 0 Å². The van der Waals surface area contributed by atoms with E-state index in [4.69, 9.17) is 11.6 Å². The quantitative estimate of drug-likeness (QED) is 0.621. The van der Waals surface area contributed by atoms with Gasteiger partial charge in [0.1, 0.15) is 12.2 Å². The number of amides is 1. The molecule has 0 saturated carbocycles. The second-order valence-corrected chi connectivity index (χ2v) is 2.91. The standard InChI is InChI=1S/C10H10ClNO2.2C2H6/c11-8-10(14)12(6-7-13)9-4-2-1-3-5-9;2*1-2/h1-5,7H,6,8H2;2*1-2H3. The summed E-state index contributed by atoms with van der Waals surface area (Å²) in [6.07, 6.45) is 0.678. The molecule has 4 heteroatoms. The third-order valence-corrected chi connectivity index (χ3v) is 1.97. The second kappa shape index (κ2) is 13.7. The van der Waals surface area contributed by atoms with E-state index in [2.05, 4.69) is 0 Å². The van der Waals surface area contributed by atoms with E-state index in [0.29, 0.717) is 12.0 Å². The van der Waals surface area contributed by atoms with E-state index in [0.717, 1.165) is 0 Å². The summed E-state index contributed by atoms with van der Waals surface area (Å²) >= 11 is 5.43. The highest BCUT2D eigenvalue weighted by molar-refractivity contribution is 6.29. The van der Waals surface area contributed by atoms with Crippen LogP contribution in [0.5, 0.6) is 0 Å². The summed E-state index contributed by atoms with van der Waals surface area (Å²) in [6.45, 7) is 8.04. The highest BCUT2D eigenvalue weighted by Gasteiger charge is 2.12. The van der Waals surface area contributed by atoms with Gasteiger partial charge >= 0.3 is 0 Å². The first-order valence-electron chi connectivity index (χ1n) is 6.14. The van der Waals surface area contributed by atoms with Crippen molar-refractivity contribution in [2.24, 2.45) is 0 Å². The first-order valence-corrected chi connectivity index (χ1v) is 6.68. The van der Waals surface area contributed by atoms with Crippen LogP contribution in [0.2, 0.25) is 0 Å². The lowest BCUT2D eigenvalue weighted by Crippen LogP contribution is -2.33. The first-order chi connectivity index (χ1) is 8.79. The van der Waals surface area contributed by atoms with Gasteiger partial charge in [-0.25, -0.2) is 0 Å². The number of anilines is 1. The zero-order valence-corrected chi connectivity index (χ0v) is 12.3. The molecule has 0 N–H and O–H groups in total. The fraction of sp³-hybridized carbons (Fsp3) is 0.429.